The molecule has 10 heteroatoms. The van der Waals surface area contributed by atoms with Gasteiger partial charge >= 0.3 is 5.63 Å². The van der Waals surface area contributed by atoms with Gasteiger partial charge in [0, 0.05) is 37.6 Å². The number of anilines is 2. The normalized spacial score (nSPS) is 11.1. The molecule has 2 N–H and O–H groups in total. The number of amides is 2. The number of nitrogens with zero attached hydrogens (tertiary/aromatic N) is 4. The van der Waals surface area contributed by atoms with E-state index in [2.05, 4.69) is 20.6 Å². The maximum Gasteiger partial charge on any atom is 0.348 e. The zero-order valence-corrected chi connectivity index (χ0v) is 22.1. The van der Waals surface area contributed by atoms with Crippen LogP contribution < -0.4 is 16.3 Å². The number of aromatic nitrogens is 2. The Morgan fingerprint density at radius 2 is 1.85 bits per heavy atom. The zero-order valence-electron chi connectivity index (χ0n) is 22.1. The Kier molecular flexibility index (Phi) is 7.72. The second-order valence-electron chi connectivity index (χ2n) is 9.60. The number of pyridine rings is 1. The van der Waals surface area contributed by atoms with E-state index in [1.165, 1.54) is 0 Å². The molecular formula is C29H28N6O4. The summed E-state index contributed by atoms with van der Waals surface area (Å²) in [5, 5.41) is 15.2. The Bertz CT molecular complexity index is 1640. The van der Waals surface area contributed by atoms with Crippen molar-refractivity contribution in [2.75, 3.05) is 24.2 Å². The van der Waals surface area contributed by atoms with Crippen molar-refractivity contribution in [2.45, 2.75) is 32.7 Å². The van der Waals surface area contributed by atoms with Gasteiger partial charge in [0.05, 0.1) is 28.1 Å². The van der Waals surface area contributed by atoms with Gasteiger partial charge in [0.25, 0.3) is 11.9 Å². The first-order valence-electron chi connectivity index (χ1n) is 12.3. The number of likely N-dealkylation sites (N-methyl/N-ethyl adjacent to an activating group) is 1. The third-order valence-corrected chi connectivity index (χ3v) is 6.33. The number of carbonyl (C=O) groups excluding carboxylic acids is 2. The van der Waals surface area contributed by atoms with E-state index in [-0.39, 0.29) is 28.4 Å². The van der Waals surface area contributed by atoms with Gasteiger partial charge in [0.15, 0.2) is 0 Å². The minimum Gasteiger partial charge on any atom is -0.389 e. The monoisotopic (exact) mass is 524 g/mol. The molecule has 0 aliphatic carbocycles. The molecule has 10 nitrogen and oxygen atoms in total. The summed E-state index contributed by atoms with van der Waals surface area (Å²) in [4.78, 5) is 49.2. The van der Waals surface area contributed by atoms with Crippen molar-refractivity contribution in [3.63, 3.8) is 0 Å². The van der Waals surface area contributed by atoms with Crippen LogP contribution in [-0.4, -0.2) is 45.8 Å². The molecule has 4 rings (SSSR count). The van der Waals surface area contributed by atoms with Crippen LogP contribution in [0.1, 0.15) is 41.0 Å². The Hall–Kier alpha value is -5.04. The van der Waals surface area contributed by atoms with Gasteiger partial charge in [-0.15, -0.1) is 0 Å². The van der Waals surface area contributed by atoms with Crippen LogP contribution in [0.5, 0.6) is 0 Å². The average Bonchev–Trinajstić information content (AvgIpc) is 2.92. The zero-order chi connectivity index (χ0) is 28.2. The minimum absolute atomic E-state index is 0.0943. The van der Waals surface area contributed by atoms with E-state index in [4.69, 9.17) is 4.42 Å². The molecule has 2 aromatic carbocycles. The number of fused-ring (bicyclic) bond motifs is 1. The molecule has 0 bridgehead atoms. The highest BCUT2D eigenvalue weighted by Gasteiger charge is 2.32. The topological polar surface area (TPSA) is 141 Å². The van der Waals surface area contributed by atoms with Crippen LogP contribution >= 0.6 is 0 Å². The summed E-state index contributed by atoms with van der Waals surface area (Å²) in [7, 11) is 1.70. The van der Waals surface area contributed by atoms with Crippen molar-refractivity contribution < 1.29 is 14.0 Å². The lowest BCUT2D eigenvalue weighted by Crippen LogP contribution is -2.49. The summed E-state index contributed by atoms with van der Waals surface area (Å²) >= 11 is 0. The van der Waals surface area contributed by atoms with Gasteiger partial charge in [-0.25, -0.2) is 4.79 Å². The van der Waals surface area contributed by atoms with E-state index in [0.29, 0.717) is 29.7 Å². The van der Waals surface area contributed by atoms with Gasteiger partial charge in [-0.05, 0) is 62.7 Å². The van der Waals surface area contributed by atoms with E-state index in [1.54, 1.807) is 75.3 Å². The smallest absolute Gasteiger partial charge is 0.348 e. The summed E-state index contributed by atoms with van der Waals surface area (Å²) in [6.07, 6.45) is 2.31. The number of hydrogen-bond acceptors (Lipinski definition) is 8. The van der Waals surface area contributed by atoms with Gasteiger partial charge in [-0.1, -0.05) is 18.2 Å². The molecule has 0 atom stereocenters. The lowest BCUT2D eigenvalue weighted by molar-refractivity contribution is -0.133. The number of rotatable bonds is 8. The molecule has 0 aliphatic heterocycles. The van der Waals surface area contributed by atoms with Gasteiger partial charge in [0.1, 0.15) is 5.54 Å². The van der Waals surface area contributed by atoms with Crippen molar-refractivity contribution >= 4 is 34.4 Å². The van der Waals surface area contributed by atoms with E-state index in [9.17, 15) is 19.6 Å². The summed E-state index contributed by atoms with van der Waals surface area (Å²) in [6.45, 7) is 5.50. The molecule has 2 aromatic heterocycles. The number of nitrogens with one attached hydrogen (secondary N) is 2. The average molecular weight is 525 g/mol. The molecule has 0 radical (unpaired) electrons. The predicted octanol–water partition coefficient (Wildman–Crippen LogP) is 3.91. The number of benzene rings is 2. The molecule has 4 aromatic rings. The van der Waals surface area contributed by atoms with Crippen LogP contribution in [-0.2, 0) is 11.2 Å². The number of carbonyl (C=O) groups is 2. The third kappa shape index (κ3) is 5.93. The number of hydrogen-bond donors (Lipinski definition) is 2. The van der Waals surface area contributed by atoms with E-state index in [1.807, 2.05) is 24.3 Å². The third-order valence-electron chi connectivity index (χ3n) is 6.33. The molecule has 0 saturated carbocycles. The maximum atomic E-state index is 13.1. The number of nitriles is 1. The van der Waals surface area contributed by atoms with Crippen LogP contribution in [0.15, 0.2) is 70.0 Å². The van der Waals surface area contributed by atoms with Crippen LogP contribution in [0.3, 0.4) is 0 Å². The Morgan fingerprint density at radius 3 is 2.56 bits per heavy atom. The molecule has 0 fully saturated rings. The van der Waals surface area contributed by atoms with E-state index < -0.39 is 17.1 Å². The van der Waals surface area contributed by atoms with Crippen molar-refractivity contribution in [1.82, 2.24) is 14.9 Å². The first-order valence-corrected chi connectivity index (χ1v) is 12.3. The van der Waals surface area contributed by atoms with Gasteiger partial charge in [-0.3, -0.25) is 14.6 Å². The molecule has 0 aliphatic rings. The lowest BCUT2D eigenvalue weighted by atomic mass is 10.0. The summed E-state index contributed by atoms with van der Waals surface area (Å²) in [5.74, 6) is -0.687. The quantitative estimate of drug-likeness (QED) is 0.353. The Balaban J connectivity index is 1.52. The Labute approximate surface area is 225 Å². The first kappa shape index (κ1) is 27.0. The van der Waals surface area contributed by atoms with Gasteiger partial charge in [-0.2, -0.15) is 10.2 Å². The highest BCUT2D eigenvalue weighted by molar-refractivity contribution is 6.07. The largest absolute Gasteiger partial charge is 0.389 e. The van der Waals surface area contributed by atoms with Crippen LogP contribution in [0, 0.1) is 18.3 Å². The van der Waals surface area contributed by atoms with Crippen molar-refractivity contribution in [1.29, 1.82) is 5.26 Å². The molecule has 198 valence electrons. The van der Waals surface area contributed by atoms with E-state index in [0.717, 1.165) is 5.69 Å². The van der Waals surface area contributed by atoms with Gasteiger partial charge in [0.2, 0.25) is 5.91 Å². The standard InChI is InChI=1S/C29H28N6O4/c1-18-22(32-25(36)21-11-6-5-9-19(21)17-30)12-13-23-24(18)26(37)39-28(33-23)34-29(2,3)27(38)35(4)16-14-20-10-7-8-15-31-20/h5-13,15H,14,16H2,1-4H3,(H,32,36)(H,33,34). The molecule has 0 spiro atoms. The maximum absolute atomic E-state index is 13.1. The van der Waals surface area contributed by atoms with Crippen LogP contribution in [0.4, 0.5) is 11.7 Å². The van der Waals surface area contributed by atoms with Gasteiger partial charge < -0.3 is 20.0 Å². The Morgan fingerprint density at radius 1 is 1.10 bits per heavy atom. The SMILES string of the molecule is Cc1c(NC(=O)c2ccccc2C#N)ccc2nc(NC(C)(C)C(=O)N(C)CCc3ccccn3)oc(=O)c12. The van der Waals surface area contributed by atoms with Crippen LogP contribution in [0.2, 0.25) is 0 Å². The molecule has 2 heterocycles. The second-order valence-corrected chi connectivity index (χ2v) is 9.60. The van der Waals surface area contributed by atoms with Crippen molar-refractivity contribution in [2.24, 2.45) is 0 Å². The second kappa shape index (κ2) is 11.1. The minimum atomic E-state index is -1.12. The summed E-state index contributed by atoms with van der Waals surface area (Å²) in [6, 6.07) is 17.2. The van der Waals surface area contributed by atoms with Crippen molar-refractivity contribution in [3.8, 4) is 6.07 Å². The number of aryl methyl sites for hydroxylation is 1. The van der Waals surface area contributed by atoms with Crippen molar-refractivity contribution in [3.05, 3.63) is 93.6 Å². The molecular weight excluding hydrogens is 496 g/mol. The lowest BCUT2D eigenvalue weighted by Gasteiger charge is -2.30. The summed E-state index contributed by atoms with van der Waals surface area (Å²) in [5.41, 5.74) is 0.754. The molecule has 39 heavy (non-hydrogen) atoms. The highest BCUT2D eigenvalue weighted by Crippen LogP contribution is 2.25. The predicted molar refractivity (Wildman–Crippen MR) is 147 cm³/mol. The fourth-order valence-electron chi connectivity index (χ4n) is 4.20. The molecule has 0 saturated heterocycles. The van der Waals surface area contributed by atoms with Crippen LogP contribution in [0.25, 0.3) is 10.9 Å². The summed E-state index contributed by atoms with van der Waals surface area (Å²) < 4.78 is 5.43. The first-order chi connectivity index (χ1) is 18.6. The highest BCUT2D eigenvalue weighted by atomic mass is 16.4. The fraction of sp³-hybridized carbons (Fsp3) is 0.241. The fourth-order valence-corrected chi connectivity index (χ4v) is 4.20. The van der Waals surface area contributed by atoms with E-state index >= 15 is 0 Å². The molecule has 0 unspecified atom stereocenters. The molecule has 2 amide bonds.